The Balaban J connectivity index is 1.61. The summed E-state index contributed by atoms with van der Waals surface area (Å²) in [5, 5.41) is 19.0. The van der Waals surface area contributed by atoms with Crippen LogP contribution in [-0.2, 0) is 25.8 Å². The van der Waals surface area contributed by atoms with Gasteiger partial charge < -0.3 is 24.5 Å². The van der Waals surface area contributed by atoms with Crippen LogP contribution in [0.5, 0.6) is 0 Å². The molecular formula is C31H42N6O5. The largest absolute Gasteiger partial charge is 0.394 e. The zero-order chi connectivity index (χ0) is 30.4. The molecule has 1 N–H and O–H groups in total. The Bertz CT molecular complexity index is 1390. The van der Waals surface area contributed by atoms with E-state index in [9.17, 15) is 19.5 Å². The number of para-hydroxylation sites is 1. The number of aliphatic hydroxyl groups is 1. The first-order valence-electron chi connectivity index (χ1n) is 14.8. The van der Waals surface area contributed by atoms with Gasteiger partial charge in [0, 0.05) is 20.1 Å². The normalized spacial score (nSPS) is 28.8. The third-order valence-corrected chi connectivity index (χ3v) is 9.60. The number of hydrogen-bond donors (Lipinski definition) is 1. The molecule has 11 nitrogen and oxygen atoms in total. The van der Waals surface area contributed by atoms with Crippen LogP contribution in [0.4, 0.5) is 0 Å². The molecule has 0 aliphatic carbocycles. The van der Waals surface area contributed by atoms with Crippen molar-refractivity contribution < 1.29 is 24.2 Å². The third-order valence-electron chi connectivity index (χ3n) is 9.60. The maximum absolute atomic E-state index is 14.8. The number of fused-ring (bicyclic) bond motifs is 2. The third kappa shape index (κ3) is 4.36. The number of aliphatic hydroxyl groups excluding tert-OH is 1. The van der Waals surface area contributed by atoms with Crippen LogP contribution in [0.2, 0.25) is 0 Å². The molecule has 1 aromatic heterocycles. The predicted octanol–water partition coefficient (Wildman–Crippen LogP) is 2.22. The number of amides is 3. The number of rotatable bonds is 12. The van der Waals surface area contributed by atoms with Crippen molar-refractivity contribution >= 4 is 28.8 Å². The minimum Gasteiger partial charge on any atom is -0.394 e. The van der Waals surface area contributed by atoms with E-state index in [1.807, 2.05) is 45.0 Å². The van der Waals surface area contributed by atoms with Crippen molar-refractivity contribution in [2.45, 2.75) is 70.0 Å². The lowest BCUT2D eigenvalue weighted by atomic mass is 9.64. The van der Waals surface area contributed by atoms with Gasteiger partial charge in [0.2, 0.25) is 17.7 Å². The quantitative estimate of drug-likeness (QED) is 0.384. The van der Waals surface area contributed by atoms with Crippen LogP contribution >= 0.6 is 0 Å². The minimum atomic E-state index is -1.20. The highest BCUT2D eigenvalue weighted by atomic mass is 16.5. The molecule has 1 spiro atoms. The second-order valence-electron chi connectivity index (χ2n) is 12.1. The molecule has 2 aromatic rings. The van der Waals surface area contributed by atoms with Crippen LogP contribution in [-0.4, -0.2) is 103 Å². The fourth-order valence-electron chi connectivity index (χ4n) is 7.54. The van der Waals surface area contributed by atoms with Gasteiger partial charge in [0.15, 0.2) is 0 Å². The van der Waals surface area contributed by atoms with Crippen molar-refractivity contribution in [1.82, 2.24) is 29.7 Å². The number of ether oxygens (including phenoxy) is 1. The fourth-order valence-corrected chi connectivity index (χ4v) is 7.54. The van der Waals surface area contributed by atoms with Gasteiger partial charge in [-0.25, -0.2) is 4.68 Å². The molecule has 5 rings (SSSR count). The predicted molar refractivity (Wildman–Crippen MR) is 157 cm³/mol. The number of nitrogens with zero attached hydrogens (tertiary/aromatic N) is 6. The van der Waals surface area contributed by atoms with Gasteiger partial charge >= 0.3 is 0 Å². The van der Waals surface area contributed by atoms with Crippen LogP contribution in [0.25, 0.3) is 11.0 Å². The molecule has 3 fully saturated rings. The van der Waals surface area contributed by atoms with Crippen molar-refractivity contribution in [1.29, 1.82) is 0 Å². The highest BCUT2D eigenvalue weighted by molar-refractivity contribution is 5.99. The highest BCUT2D eigenvalue weighted by Gasteiger charge is 2.79. The summed E-state index contributed by atoms with van der Waals surface area (Å²) in [6.07, 6.45) is 4.84. The molecule has 11 heteroatoms. The Labute approximate surface area is 246 Å². The van der Waals surface area contributed by atoms with Gasteiger partial charge in [0.1, 0.15) is 23.8 Å². The topological polar surface area (TPSA) is 121 Å². The molecule has 2 unspecified atom stereocenters. The van der Waals surface area contributed by atoms with E-state index in [-0.39, 0.29) is 43.5 Å². The van der Waals surface area contributed by atoms with E-state index in [2.05, 4.69) is 23.5 Å². The molecular weight excluding hydrogens is 536 g/mol. The molecule has 42 heavy (non-hydrogen) atoms. The van der Waals surface area contributed by atoms with E-state index in [4.69, 9.17) is 4.74 Å². The summed E-state index contributed by atoms with van der Waals surface area (Å²) < 4.78 is 8.55. The summed E-state index contributed by atoms with van der Waals surface area (Å²) in [6, 6.07) is 5.83. The maximum atomic E-state index is 14.8. The zero-order valence-corrected chi connectivity index (χ0v) is 25.0. The van der Waals surface area contributed by atoms with Crippen LogP contribution in [0, 0.1) is 17.8 Å². The molecule has 0 radical (unpaired) electrons. The number of aromatic nitrogens is 3. The van der Waals surface area contributed by atoms with Crippen LogP contribution in [0.3, 0.4) is 0 Å². The summed E-state index contributed by atoms with van der Waals surface area (Å²) in [5.74, 6) is -2.56. The Morgan fingerprint density at radius 3 is 2.55 bits per heavy atom. The lowest BCUT2D eigenvalue weighted by Crippen LogP contribution is -2.59. The standard InChI is InChI=1S/C31H42N6O5/c1-7-16-34(6)27(39)24-25-28(40)37(23(18-38)20(4)5)26(31(25)15-14-30(24,9-3)42-31)29(41)35(17-8-2)19-36-22-13-11-10-12-21(22)32-33-36/h7-8,10-13,20,23-26,38H,1-2,9,14-19H2,3-6H3/t23-,24+,25-,26?,30-,31?/m0/s1. The SMILES string of the molecule is C=CCN(C)C(=O)[C@H]1[C@H]2C(=O)N([C@@H](CO)C(C)C)C(C(=O)N(CC=C)Cn3nnc4ccccc43)C23CC[C@]1(CC)O3. The molecule has 6 atom stereocenters. The van der Waals surface area contributed by atoms with E-state index in [1.54, 1.807) is 33.7 Å². The van der Waals surface area contributed by atoms with Gasteiger partial charge in [-0.05, 0) is 37.3 Å². The van der Waals surface area contributed by atoms with E-state index < -0.39 is 35.1 Å². The Hall–Kier alpha value is -3.57. The molecule has 226 valence electrons. The van der Waals surface area contributed by atoms with E-state index in [0.717, 1.165) is 5.52 Å². The Morgan fingerprint density at radius 1 is 1.19 bits per heavy atom. The first-order chi connectivity index (χ1) is 20.1. The van der Waals surface area contributed by atoms with Crippen molar-refractivity contribution in [3.8, 4) is 0 Å². The van der Waals surface area contributed by atoms with Gasteiger partial charge in [0.05, 0.1) is 35.6 Å². The van der Waals surface area contributed by atoms with Crippen molar-refractivity contribution in [2.24, 2.45) is 17.8 Å². The van der Waals surface area contributed by atoms with Gasteiger partial charge in [0.25, 0.3) is 0 Å². The lowest BCUT2D eigenvalue weighted by Gasteiger charge is -2.40. The van der Waals surface area contributed by atoms with E-state index in [1.165, 1.54) is 4.90 Å². The average molecular weight is 579 g/mol. The molecule has 0 saturated carbocycles. The van der Waals surface area contributed by atoms with Crippen LogP contribution < -0.4 is 0 Å². The number of carbonyl (C=O) groups excluding carboxylic acids is 3. The molecule has 4 heterocycles. The molecule has 3 amide bonds. The van der Waals surface area contributed by atoms with E-state index >= 15 is 0 Å². The first kappa shape index (κ1) is 29.9. The lowest BCUT2D eigenvalue weighted by molar-refractivity contribution is -0.159. The molecule has 3 aliphatic heterocycles. The van der Waals surface area contributed by atoms with Gasteiger partial charge in [-0.1, -0.05) is 50.3 Å². The Morgan fingerprint density at radius 2 is 1.90 bits per heavy atom. The number of likely N-dealkylation sites (N-methyl/N-ethyl adjacent to an activating group) is 1. The zero-order valence-electron chi connectivity index (χ0n) is 25.0. The van der Waals surface area contributed by atoms with E-state index in [0.29, 0.717) is 31.3 Å². The summed E-state index contributed by atoms with van der Waals surface area (Å²) in [6.45, 7) is 13.7. The summed E-state index contributed by atoms with van der Waals surface area (Å²) in [7, 11) is 1.70. The smallest absolute Gasteiger partial charge is 0.250 e. The summed E-state index contributed by atoms with van der Waals surface area (Å²) in [4.78, 5) is 48.0. The Kier molecular flexibility index (Phi) is 8.02. The first-order valence-corrected chi connectivity index (χ1v) is 14.8. The highest BCUT2D eigenvalue weighted by Crippen LogP contribution is 2.65. The molecule has 3 aliphatic rings. The second kappa shape index (κ2) is 11.3. The summed E-state index contributed by atoms with van der Waals surface area (Å²) in [5.41, 5.74) is -0.585. The number of benzene rings is 1. The minimum absolute atomic E-state index is 0.0828. The van der Waals surface area contributed by atoms with Crippen molar-refractivity contribution in [2.75, 3.05) is 26.7 Å². The van der Waals surface area contributed by atoms with Gasteiger partial charge in [-0.2, -0.15) is 0 Å². The molecule has 1 aromatic carbocycles. The average Bonchev–Trinajstić information content (AvgIpc) is 3.70. The van der Waals surface area contributed by atoms with Crippen LogP contribution in [0.1, 0.15) is 40.0 Å². The fraction of sp³-hybridized carbons (Fsp3) is 0.581. The number of hydrogen-bond acceptors (Lipinski definition) is 7. The monoisotopic (exact) mass is 578 g/mol. The summed E-state index contributed by atoms with van der Waals surface area (Å²) >= 11 is 0. The number of carbonyl (C=O) groups is 3. The second-order valence-corrected chi connectivity index (χ2v) is 12.1. The number of likely N-dealkylation sites (tertiary alicyclic amines) is 1. The van der Waals surface area contributed by atoms with Crippen LogP contribution in [0.15, 0.2) is 49.6 Å². The van der Waals surface area contributed by atoms with Gasteiger partial charge in [-0.3, -0.25) is 14.4 Å². The maximum Gasteiger partial charge on any atom is 0.250 e. The van der Waals surface area contributed by atoms with Crippen molar-refractivity contribution in [3.05, 3.63) is 49.6 Å². The molecule has 2 bridgehead atoms. The van der Waals surface area contributed by atoms with Gasteiger partial charge in [-0.15, -0.1) is 18.3 Å². The molecule has 3 saturated heterocycles. The van der Waals surface area contributed by atoms with Crippen molar-refractivity contribution in [3.63, 3.8) is 0 Å².